The van der Waals surface area contributed by atoms with Gasteiger partial charge in [-0.25, -0.2) is 4.98 Å². The van der Waals surface area contributed by atoms with Crippen LogP contribution in [0, 0.1) is 6.92 Å². The molecule has 0 fully saturated rings. The Kier molecular flexibility index (Phi) is 5.15. The summed E-state index contributed by atoms with van der Waals surface area (Å²) in [6.45, 7) is 2.54. The predicted molar refractivity (Wildman–Crippen MR) is 82.1 cm³/mol. The zero-order valence-electron chi connectivity index (χ0n) is 12.2. The van der Waals surface area contributed by atoms with Crippen molar-refractivity contribution in [2.24, 2.45) is 0 Å². The van der Waals surface area contributed by atoms with Gasteiger partial charge in [0, 0.05) is 37.0 Å². The molecule has 2 rings (SSSR count). The van der Waals surface area contributed by atoms with Crippen LogP contribution < -0.4 is 10.1 Å². The van der Waals surface area contributed by atoms with E-state index in [1.807, 2.05) is 25.1 Å². The molecule has 5 nitrogen and oxygen atoms in total. The number of carbonyl (C=O) groups is 1. The lowest BCUT2D eigenvalue weighted by molar-refractivity contribution is -0.116. The van der Waals surface area contributed by atoms with Crippen LogP contribution in [0.4, 0.5) is 0 Å². The molecule has 1 heterocycles. The summed E-state index contributed by atoms with van der Waals surface area (Å²) in [7, 11) is 1.62. The van der Waals surface area contributed by atoms with Crippen LogP contribution >= 0.6 is 0 Å². The van der Waals surface area contributed by atoms with Gasteiger partial charge in [0.2, 0.25) is 5.91 Å². The number of methoxy groups -OCH3 is 1. The van der Waals surface area contributed by atoms with Crippen molar-refractivity contribution in [2.45, 2.75) is 13.3 Å². The topological polar surface area (TPSA) is 67.0 Å². The van der Waals surface area contributed by atoms with Crippen molar-refractivity contribution in [1.82, 2.24) is 15.3 Å². The van der Waals surface area contributed by atoms with Gasteiger partial charge < -0.3 is 15.0 Å². The number of H-pyrrole nitrogens is 1. The van der Waals surface area contributed by atoms with Crippen LogP contribution in [-0.4, -0.2) is 29.5 Å². The van der Waals surface area contributed by atoms with Crippen LogP contribution in [0.5, 0.6) is 5.75 Å². The summed E-state index contributed by atoms with van der Waals surface area (Å²) in [6, 6.07) is 5.84. The first-order valence-electron chi connectivity index (χ1n) is 6.78. The van der Waals surface area contributed by atoms with Crippen LogP contribution in [0.1, 0.15) is 17.0 Å². The molecule has 0 atom stereocenters. The third-order valence-corrected chi connectivity index (χ3v) is 3.02. The van der Waals surface area contributed by atoms with E-state index < -0.39 is 0 Å². The molecule has 0 aliphatic heterocycles. The molecule has 0 bridgehead atoms. The van der Waals surface area contributed by atoms with Gasteiger partial charge in [-0.1, -0.05) is 11.6 Å². The fraction of sp³-hybridized carbons (Fsp3) is 0.250. The molecular weight excluding hydrogens is 266 g/mol. The van der Waals surface area contributed by atoms with E-state index in [-0.39, 0.29) is 5.91 Å². The van der Waals surface area contributed by atoms with Crippen molar-refractivity contribution >= 4 is 12.0 Å². The first kappa shape index (κ1) is 14.8. The Morgan fingerprint density at radius 2 is 2.33 bits per heavy atom. The summed E-state index contributed by atoms with van der Waals surface area (Å²) in [4.78, 5) is 18.9. The first-order valence-corrected chi connectivity index (χ1v) is 6.78. The molecule has 0 aliphatic carbocycles. The molecule has 110 valence electrons. The Labute approximate surface area is 124 Å². The summed E-state index contributed by atoms with van der Waals surface area (Å²) in [5.74, 6) is 1.48. The lowest BCUT2D eigenvalue weighted by Crippen LogP contribution is -2.23. The van der Waals surface area contributed by atoms with Gasteiger partial charge in [0.05, 0.1) is 7.11 Å². The van der Waals surface area contributed by atoms with E-state index >= 15 is 0 Å². The van der Waals surface area contributed by atoms with Gasteiger partial charge in [-0.2, -0.15) is 0 Å². The number of carbonyl (C=O) groups excluding carboxylic acids is 1. The van der Waals surface area contributed by atoms with Crippen molar-refractivity contribution < 1.29 is 9.53 Å². The van der Waals surface area contributed by atoms with Gasteiger partial charge in [-0.3, -0.25) is 4.79 Å². The number of amides is 1. The second-order valence-electron chi connectivity index (χ2n) is 4.66. The van der Waals surface area contributed by atoms with E-state index in [0.717, 1.165) is 22.7 Å². The number of imidazole rings is 1. The van der Waals surface area contributed by atoms with Gasteiger partial charge in [-0.15, -0.1) is 0 Å². The maximum Gasteiger partial charge on any atom is 0.244 e. The van der Waals surface area contributed by atoms with Crippen molar-refractivity contribution in [3.05, 3.63) is 53.6 Å². The Hall–Kier alpha value is -2.56. The number of benzene rings is 1. The fourth-order valence-corrected chi connectivity index (χ4v) is 1.95. The molecular formula is C16H19N3O2. The molecule has 0 saturated heterocycles. The molecule has 5 heteroatoms. The Morgan fingerprint density at radius 1 is 1.48 bits per heavy atom. The Bertz CT molecular complexity index is 618. The molecule has 0 radical (unpaired) electrons. The summed E-state index contributed by atoms with van der Waals surface area (Å²) < 4.78 is 5.27. The van der Waals surface area contributed by atoms with Crippen molar-refractivity contribution in [3.8, 4) is 5.75 Å². The van der Waals surface area contributed by atoms with Crippen LogP contribution in [0.25, 0.3) is 6.08 Å². The van der Waals surface area contributed by atoms with Crippen molar-refractivity contribution in [3.63, 3.8) is 0 Å². The minimum absolute atomic E-state index is 0.134. The minimum atomic E-state index is -0.134. The summed E-state index contributed by atoms with van der Waals surface area (Å²) in [5.41, 5.74) is 2.01. The third kappa shape index (κ3) is 4.49. The van der Waals surface area contributed by atoms with Crippen molar-refractivity contribution in [2.75, 3.05) is 13.7 Å². The van der Waals surface area contributed by atoms with Gasteiger partial charge in [0.25, 0.3) is 0 Å². The predicted octanol–water partition coefficient (Wildman–Crippen LogP) is 2.10. The van der Waals surface area contributed by atoms with Crippen LogP contribution in [0.3, 0.4) is 0 Å². The maximum absolute atomic E-state index is 11.8. The monoisotopic (exact) mass is 285 g/mol. The highest BCUT2D eigenvalue weighted by atomic mass is 16.5. The molecule has 2 aromatic rings. The van der Waals surface area contributed by atoms with Gasteiger partial charge in [0.1, 0.15) is 11.6 Å². The first-order chi connectivity index (χ1) is 10.2. The number of hydrogen-bond acceptors (Lipinski definition) is 3. The van der Waals surface area contributed by atoms with E-state index in [4.69, 9.17) is 4.74 Å². The maximum atomic E-state index is 11.8. The largest absolute Gasteiger partial charge is 0.496 e. The van der Waals surface area contributed by atoms with E-state index in [0.29, 0.717) is 13.0 Å². The highest BCUT2D eigenvalue weighted by molar-refractivity contribution is 5.92. The number of hydrogen-bond donors (Lipinski definition) is 2. The zero-order chi connectivity index (χ0) is 15.1. The van der Waals surface area contributed by atoms with Crippen molar-refractivity contribution in [1.29, 1.82) is 0 Å². The average molecular weight is 285 g/mol. The average Bonchev–Trinajstić information content (AvgIpc) is 2.98. The smallest absolute Gasteiger partial charge is 0.244 e. The normalized spacial score (nSPS) is 10.8. The summed E-state index contributed by atoms with van der Waals surface area (Å²) in [6.07, 6.45) is 7.41. The van der Waals surface area contributed by atoms with Gasteiger partial charge >= 0.3 is 0 Å². The molecule has 21 heavy (non-hydrogen) atoms. The van der Waals surface area contributed by atoms with Gasteiger partial charge in [0.15, 0.2) is 0 Å². The number of rotatable bonds is 6. The quantitative estimate of drug-likeness (QED) is 0.799. The number of nitrogens with one attached hydrogen (secondary N) is 2. The van der Waals surface area contributed by atoms with Crippen LogP contribution in [0.2, 0.25) is 0 Å². The molecule has 0 saturated carbocycles. The summed E-state index contributed by atoms with van der Waals surface area (Å²) >= 11 is 0. The standard InChI is InChI=1S/C16H19N3O2/c1-12-3-5-14(21-2)13(11-12)4-6-16(20)19-8-7-15-17-9-10-18-15/h3-6,9-11H,7-8H2,1-2H3,(H,17,18)(H,19,20)/b6-4+. The number of aryl methyl sites for hydroxylation is 1. The molecule has 1 aromatic heterocycles. The van der Waals surface area contributed by atoms with Crippen LogP contribution in [0.15, 0.2) is 36.7 Å². The number of aromatic amines is 1. The lowest BCUT2D eigenvalue weighted by atomic mass is 10.1. The van der Waals surface area contributed by atoms with Crippen LogP contribution in [-0.2, 0) is 11.2 Å². The Morgan fingerprint density at radius 3 is 3.05 bits per heavy atom. The number of nitrogens with zero attached hydrogens (tertiary/aromatic N) is 1. The molecule has 0 unspecified atom stereocenters. The van der Waals surface area contributed by atoms with E-state index in [1.54, 1.807) is 25.6 Å². The molecule has 1 aromatic carbocycles. The minimum Gasteiger partial charge on any atom is -0.496 e. The van der Waals surface area contributed by atoms with Gasteiger partial charge in [-0.05, 0) is 25.1 Å². The molecule has 0 spiro atoms. The number of ether oxygens (including phenoxy) is 1. The second-order valence-corrected chi connectivity index (χ2v) is 4.66. The fourth-order valence-electron chi connectivity index (χ4n) is 1.95. The summed E-state index contributed by atoms with van der Waals surface area (Å²) in [5, 5.41) is 2.82. The highest BCUT2D eigenvalue weighted by Crippen LogP contribution is 2.20. The molecule has 0 aliphatic rings. The molecule has 2 N–H and O–H groups in total. The second kappa shape index (κ2) is 7.28. The SMILES string of the molecule is COc1ccc(C)cc1/C=C/C(=O)NCCc1ncc[nH]1. The third-order valence-electron chi connectivity index (χ3n) is 3.02. The molecule has 1 amide bonds. The van der Waals surface area contributed by atoms with E-state index in [9.17, 15) is 4.79 Å². The Balaban J connectivity index is 1.88. The zero-order valence-corrected chi connectivity index (χ0v) is 12.2. The van der Waals surface area contributed by atoms with E-state index in [2.05, 4.69) is 15.3 Å². The lowest BCUT2D eigenvalue weighted by Gasteiger charge is -2.05. The number of aromatic nitrogens is 2. The highest BCUT2D eigenvalue weighted by Gasteiger charge is 2.01. The van der Waals surface area contributed by atoms with E-state index in [1.165, 1.54) is 6.08 Å².